The summed E-state index contributed by atoms with van der Waals surface area (Å²) in [5.41, 5.74) is 3.82. The predicted molar refractivity (Wildman–Crippen MR) is 103 cm³/mol. The third-order valence-corrected chi connectivity index (χ3v) is 5.58. The Balaban J connectivity index is 1.62. The van der Waals surface area contributed by atoms with Gasteiger partial charge < -0.3 is 5.32 Å². The van der Waals surface area contributed by atoms with Crippen LogP contribution >= 0.6 is 0 Å². The average Bonchev–Trinajstić information content (AvgIpc) is 3.13. The zero-order chi connectivity index (χ0) is 20.1. The van der Waals surface area contributed by atoms with Gasteiger partial charge in [0.2, 0.25) is 5.95 Å². The molecular weight excluding hydrogens is 374 g/mol. The van der Waals surface area contributed by atoms with Gasteiger partial charge in [-0.2, -0.15) is 10.1 Å². The van der Waals surface area contributed by atoms with E-state index in [1.54, 1.807) is 0 Å². The van der Waals surface area contributed by atoms with Crippen molar-refractivity contribution in [2.24, 2.45) is 0 Å². The molecule has 1 aromatic heterocycles. The van der Waals surface area contributed by atoms with Crippen molar-refractivity contribution in [1.82, 2.24) is 14.8 Å². The first-order valence-corrected chi connectivity index (χ1v) is 9.45. The van der Waals surface area contributed by atoms with Crippen molar-refractivity contribution in [1.29, 1.82) is 0 Å². The lowest BCUT2D eigenvalue weighted by Crippen LogP contribution is -2.33. The molecule has 2 aromatic carbocycles. The molecule has 146 valence electrons. The maximum atomic E-state index is 13.9. The normalized spacial score (nSPS) is 20.9. The van der Waals surface area contributed by atoms with E-state index in [1.807, 2.05) is 25.1 Å². The number of carbonyl (C=O) groups excluding carboxylic acids is 1. The zero-order valence-corrected chi connectivity index (χ0v) is 15.7. The molecule has 3 aromatic rings. The highest BCUT2D eigenvalue weighted by atomic mass is 19.1. The number of ketones is 1. The average molecular weight is 392 g/mol. The Kier molecular flexibility index (Phi) is 4.04. The van der Waals surface area contributed by atoms with Gasteiger partial charge in [-0.3, -0.25) is 4.79 Å². The molecule has 1 N–H and O–H groups in total. The van der Waals surface area contributed by atoms with E-state index in [4.69, 9.17) is 0 Å². The lowest BCUT2D eigenvalue weighted by atomic mass is 9.77. The maximum Gasteiger partial charge on any atom is 0.226 e. The fourth-order valence-electron chi connectivity index (χ4n) is 4.35. The molecule has 2 atom stereocenters. The molecule has 1 aliphatic carbocycles. The van der Waals surface area contributed by atoms with Gasteiger partial charge in [-0.25, -0.2) is 13.5 Å². The first-order chi connectivity index (χ1) is 14.0. The van der Waals surface area contributed by atoms with Crippen LogP contribution in [0.1, 0.15) is 41.5 Å². The molecule has 5 nitrogen and oxygen atoms in total. The van der Waals surface area contributed by atoms with Crippen LogP contribution in [-0.2, 0) is 4.79 Å². The van der Waals surface area contributed by atoms with Gasteiger partial charge in [0.05, 0.1) is 0 Å². The molecule has 7 heteroatoms. The van der Waals surface area contributed by atoms with Crippen molar-refractivity contribution >= 4 is 11.7 Å². The number of nitrogens with zero attached hydrogens (tertiary/aromatic N) is 3. The summed E-state index contributed by atoms with van der Waals surface area (Å²) in [6.45, 7) is 2.02. The van der Waals surface area contributed by atoms with Crippen molar-refractivity contribution in [3.63, 3.8) is 0 Å². The van der Waals surface area contributed by atoms with Crippen LogP contribution < -0.4 is 5.32 Å². The largest absolute Gasteiger partial charge is 0.328 e. The zero-order valence-electron chi connectivity index (χ0n) is 15.7. The smallest absolute Gasteiger partial charge is 0.226 e. The van der Waals surface area contributed by atoms with Crippen LogP contribution in [0.4, 0.5) is 14.7 Å². The van der Waals surface area contributed by atoms with Crippen molar-refractivity contribution in [2.45, 2.75) is 31.7 Å². The van der Waals surface area contributed by atoms with Crippen LogP contribution in [0.5, 0.6) is 0 Å². The Labute approximate surface area is 166 Å². The van der Waals surface area contributed by atoms with Gasteiger partial charge >= 0.3 is 0 Å². The lowest BCUT2D eigenvalue weighted by Gasteiger charge is -2.35. The Morgan fingerprint density at radius 3 is 2.62 bits per heavy atom. The van der Waals surface area contributed by atoms with E-state index in [-0.39, 0.29) is 11.7 Å². The van der Waals surface area contributed by atoms with Gasteiger partial charge in [-0.15, -0.1) is 0 Å². The number of halogens is 2. The second-order valence-corrected chi connectivity index (χ2v) is 7.59. The number of anilines is 1. The quantitative estimate of drug-likeness (QED) is 0.707. The Morgan fingerprint density at radius 2 is 1.86 bits per heavy atom. The minimum absolute atomic E-state index is 0.0352. The number of benzene rings is 2. The Bertz CT molecular complexity index is 1150. The van der Waals surface area contributed by atoms with Crippen LogP contribution in [-0.4, -0.2) is 20.5 Å². The van der Waals surface area contributed by atoms with Crippen LogP contribution in [0, 0.1) is 18.6 Å². The number of Topliss-reactive ketones (excluding diaryl/α,β-unsaturated/α-hetero) is 1. The van der Waals surface area contributed by atoms with Gasteiger partial charge in [0.15, 0.2) is 5.78 Å². The van der Waals surface area contributed by atoms with Crippen LogP contribution in [0.3, 0.4) is 0 Å². The summed E-state index contributed by atoms with van der Waals surface area (Å²) in [5, 5.41) is 7.41. The SMILES string of the molecule is Cc1cccc(C2CC(=O)C3=C(C2)Nc2ncnn2C3c2cc(F)cc(F)c2)c1. The fourth-order valence-corrected chi connectivity index (χ4v) is 4.35. The van der Waals surface area contributed by atoms with Gasteiger partial charge in [0, 0.05) is 23.8 Å². The highest BCUT2D eigenvalue weighted by Crippen LogP contribution is 2.44. The van der Waals surface area contributed by atoms with Crippen molar-refractivity contribution in [2.75, 3.05) is 5.32 Å². The molecule has 29 heavy (non-hydrogen) atoms. The van der Waals surface area contributed by atoms with E-state index in [9.17, 15) is 13.6 Å². The minimum atomic E-state index is -0.708. The second kappa shape index (κ2) is 6.62. The molecule has 2 unspecified atom stereocenters. The minimum Gasteiger partial charge on any atom is -0.328 e. The molecule has 0 spiro atoms. The summed E-state index contributed by atoms with van der Waals surface area (Å²) < 4.78 is 29.4. The number of hydrogen-bond acceptors (Lipinski definition) is 4. The van der Waals surface area contributed by atoms with Crippen LogP contribution in [0.15, 0.2) is 60.1 Å². The molecule has 1 aliphatic heterocycles. The van der Waals surface area contributed by atoms with Gasteiger partial charge in [0.1, 0.15) is 24.0 Å². The number of allylic oxidation sites excluding steroid dienone is 2. The first-order valence-electron chi connectivity index (χ1n) is 9.45. The highest BCUT2D eigenvalue weighted by molar-refractivity contribution is 6.00. The number of rotatable bonds is 2. The predicted octanol–water partition coefficient (Wildman–Crippen LogP) is 4.28. The molecule has 0 fully saturated rings. The van der Waals surface area contributed by atoms with E-state index < -0.39 is 17.7 Å². The number of nitrogens with one attached hydrogen (secondary N) is 1. The summed E-state index contributed by atoms with van der Waals surface area (Å²) in [6, 6.07) is 10.7. The van der Waals surface area contributed by atoms with E-state index in [2.05, 4.69) is 21.5 Å². The summed E-state index contributed by atoms with van der Waals surface area (Å²) in [5.74, 6) is -0.948. The van der Waals surface area contributed by atoms with Crippen molar-refractivity contribution in [3.8, 4) is 0 Å². The molecule has 0 saturated heterocycles. The second-order valence-electron chi connectivity index (χ2n) is 7.59. The standard InChI is InChI=1S/C22H18F2N4O/c1-12-3-2-4-13(5-12)14-8-18-20(19(29)9-14)21(28-22(27-18)25-11-26-28)15-6-16(23)10-17(24)7-15/h2-7,10-11,14,21H,8-9H2,1H3,(H,25,26,27). The van der Waals surface area contributed by atoms with E-state index in [0.29, 0.717) is 29.9 Å². The van der Waals surface area contributed by atoms with E-state index in [1.165, 1.54) is 23.1 Å². The number of carbonyl (C=O) groups is 1. The van der Waals surface area contributed by atoms with Gasteiger partial charge in [-0.05, 0) is 42.5 Å². The number of fused-ring (bicyclic) bond motifs is 1. The Hall–Kier alpha value is -3.35. The number of aromatic nitrogens is 3. The maximum absolute atomic E-state index is 13.9. The number of aryl methyl sites for hydroxylation is 1. The number of hydrogen-bond donors (Lipinski definition) is 1. The summed E-state index contributed by atoms with van der Waals surface area (Å²) in [6.07, 6.45) is 2.32. The molecule has 0 saturated carbocycles. The molecular formula is C22H18F2N4O. The first kappa shape index (κ1) is 17.7. The Morgan fingerprint density at radius 1 is 1.07 bits per heavy atom. The third kappa shape index (κ3) is 3.03. The monoisotopic (exact) mass is 392 g/mol. The van der Waals surface area contributed by atoms with Gasteiger partial charge in [0.25, 0.3) is 0 Å². The molecule has 5 rings (SSSR count). The van der Waals surface area contributed by atoms with E-state index >= 15 is 0 Å². The third-order valence-electron chi connectivity index (χ3n) is 5.58. The lowest BCUT2D eigenvalue weighted by molar-refractivity contribution is -0.116. The topological polar surface area (TPSA) is 59.8 Å². The van der Waals surface area contributed by atoms with Crippen molar-refractivity contribution in [3.05, 3.63) is 88.4 Å². The highest BCUT2D eigenvalue weighted by Gasteiger charge is 2.39. The van der Waals surface area contributed by atoms with E-state index in [0.717, 1.165) is 22.9 Å². The molecule has 0 radical (unpaired) electrons. The van der Waals surface area contributed by atoms with Crippen LogP contribution in [0.2, 0.25) is 0 Å². The molecule has 2 aliphatic rings. The van der Waals surface area contributed by atoms with Crippen LogP contribution in [0.25, 0.3) is 0 Å². The molecule has 0 bridgehead atoms. The fraction of sp³-hybridized carbons (Fsp3) is 0.227. The summed E-state index contributed by atoms with van der Waals surface area (Å²) in [4.78, 5) is 17.4. The molecule has 0 amide bonds. The van der Waals surface area contributed by atoms with Crippen molar-refractivity contribution < 1.29 is 13.6 Å². The summed E-state index contributed by atoms with van der Waals surface area (Å²) in [7, 11) is 0. The van der Waals surface area contributed by atoms with Gasteiger partial charge in [-0.1, -0.05) is 29.8 Å². The molecule has 2 heterocycles. The summed E-state index contributed by atoms with van der Waals surface area (Å²) >= 11 is 0.